The van der Waals surface area contributed by atoms with E-state index >= 15 is 0 Å². The fraction of sp³-hybridized carbons (Fsp3) is 0. The fourth-order valence-electron chi connectivity index (χ4n) is 11.6. The number of fused-ring (bicyclic) bond motifs is 12. The second-order valence-corrected chi connectivity index (χ2v) is 18.5. The molecule has 0 radical (unpaired) electrons. The van der Waals surface area contributed by atoms with Gasteiger partial charge in [-0.25, -0.2) is 0 Å². The molecule has 70 heavy (non-hydrogen) atoms. The zero-order chi connectivity index (χ0) is 45.9. The van der Waals surface area contributed by atoms with Gasteiger partial charge in [0.25, 0.3) is 0 Å². The van der Waals surface area contributed by atoms with Crippen LogP contribution >= 0.6 is 0 Å². The number of benzene rings is 11. The monoisotopic (exact) mass is 890 g/mol. The third kappa shape index (κ3) is 5.71. The van der Waals surface area contributed by atoms with Crippen LogP contribution in [0.15, 0.2) is 255 Å². The number of aromatic nitrogens is 4. The Hall–Kier alpha value is -9.38. The minimum atomic E-state index is 1.12. The van der Waals surface area contributed by atoms with Crippen molar-refractivity contribution < 1.29 is 0 Å². The fourth-order valence-corrected chi connectivity index (χ4v) is 11.6. The maximum Gasteiger partial charge on any atom is 0.0541 e. The van der Waals surface area contributed by atoms with Gasteiger partial charge in [-0.05, 0) is 131 Å². The first-order valence-electron chi connectivity index (χ1n) is 24.1. The average Bonchev–Trinajstić information content (AvgIpc) is 4.16. The van der Waals surface area contributed by atoms with E-state index in [1.165, 1.54) is 109 Å². The zero-order valence-electron chi connectivity index (χ0n) is 38.0. The van der Waals surface area contributed by atoms with Gasteiger partial charge in [0.2, 0.25) is 0 Å². The third-order valence-electron chi connectivity index (χ3n) is 14.8. The lowest BCUT2D eigenvalue weighted by atomic mass is 10.00. The lowest BCUT2D eigenvalue weighted by Gasteiger charge is -2.12. The van der Waals surface area contributed by atoms with E-state index in [2.05, 4.69) is 273 Å². The molecular weight excluding hydrogens is 849 g/mol. The van der Waals surface area contributed by atoms with Gasteiger partial charge in [-0.2, -0.15) is 0 Å². The smallest absolute Gasteiger partial charge is 0.0541 e. The summed E-state index contributed by atoms with van der Waals surface area (Å²) >= 11 is 0. The van der Waals surface area contributed by atoms with Crippen molar-refractivity contribution in [3.63, 3.8) is 0 Å². The number of rotatable bonds is 6. The van der Waals surface area contributed by atoms with Gasteiger partial charge in [0.05, 0.1) is 44.1 Å². The number of para-hydroxylation sites is 6. The summed E-state index contributed by atoms with van der Waals surface area (Å²) in [5.74, 6) is 0. The summed E-state index contributed by atoms with van der Waals surface area (Å²) in [6.07, 6.45) is 0. The first-order chi connectivity index (χ1) is 34.7. The van der Waals surface area contributed by atoms with Crippen molar-refractivity contribution in [1.82, 2.24) is 18.3 Å². The SMILES string of the molecule is c1ccc2c(c1)c1ccccc1n2-c1ccc(-c2ccc3c(c2)c2cc(-c4ccc(-n5c6ccccc6c6ccccc65)cc4)ccc2n3-c2ccc(-n3c4ccccc4c4ccccc43)cc2)cc1. The van der Waals surface area contributed by atoms with Crippen LogP contribution < -0.4 is 0 Å². The van der Waals surface area contributed by atoms with Crippen molar-refractivity contribution in [1.29, 1.82) is 0 Å². The molecule has 326 valence electrons. The van der Waals surface area contributed by atoms with E-state index in [0.717, 1.165) is 22.7 Å². The molecule has 0 aliphatic heterocycles. The van der Waals surface area contributed by atoms with E-state index in [0.29, 0.717) is 0 Å². The largest absolute Gasteiger partial charge is 0.309 e. The molecule has 0 aliphatic carbocycles. The average molecular weight is 891 g/mol. The van der Waals surface area contributed by atoms with Crippen molar-refractivity contribution >= 4 is 87.2 Å². The highest BCUT2D eigenvalue weighted by molar-refractivity contribution is 6.13. The van der Waals surface area contributed by atoms with Gasteiger partial charge >= 0.3 is 0 Å². The van der Waals surface area contributed by atoms with Crippen molar-refractivity contribution in [2.45, 2.75) is 0 Å². The van der Waals surface area contributed by atoms with E-state index in [1.54, 1.807) is 0 Å². The molecule has 11 aromatic carbocycles. The van der Waals surface area contributed by atoms with Crippen LogP contribution in [0, 0.1) is 0 Å². The van der Waals surface area contributed by atoms with Crippen LogP contribution in [-0.4, -0.2) is 18.3 Å². The molecule has 0 saturated heterocycles. The van der Waals surface area contributed by atoms with Crippen LogP contribution in [-0.2, 0) is 0 Å². The molecule has 0 aliphatic rings. The van der Waals surface area contributed by atoms with Crippen molar-refractivity contribution in [3.05, 3.63) is 255 Å². The first kappa shape index (κ1) is 38.7. The predicted octanol–water partition coefficient (Wildman–Crippen LogP) is 17.4. The zero-order valence-corrected chi connectivity index (χ0v) is 38.0. The molecule has 0 N–H and O–H groups in total. The summed E-state index contributed by atoms with van der Waals surface area (Å²) in [6.45, 7) is 0. The maximum absolute atomic E-state index is 2.44. The van der Waals surface area contributed by atoms with Crippen molar-refractivity contribution in [3.8, 4) is 45.0 Å². The Kier molecular flexibility index (Phi) is 8.33. The summed E-state index contributed by atoms with van der Waals surface area (Å²) < 4.78 is 9.59. The second-order valence-electron chi connectivity index (χ2n) is 18.5. The van der Waals surface area contributed by atoms with Gasteiger partial charge in [-0.3, -0.25) is 0 Å². The lowest BCUT2D eigenvalue weighted by Crippen LogP contribution is -1.97. The molecule has 4 heterocycles. The predicted molar refractivity (Wildman–Crippen MR) is 295 cm³/mol. The molecule has 4 aromatic heterocycles. The maximum atomic E-state index is 2.44. The number of hydrogen-bond acceptors (Lipinski definition) is 0. The highest BCUT2D eigenvalue weighted by Crippen LogP contribution is 2.40. The third-order valence-corrected chi connectivity index (χ3v) is 14.8. The number of nitrogens with zero attached hydrogens (tertiary/aromatic N) is 4. The van der Waals surface area contributed by atoms with E-state index < -0.39 is 0 Å². The highest BCUT2D eigenvalue weighted by atomic mass is 15.0. The van der Waals surface area contributed by atoms with Crippen LogP contribution in [0.1, 0.15) is 0 Å². The Balaban J connectivity index is 0.866. The molecule has 0 saturated carbocycles. The summed E-state index contributed by atoms with van der Waals surface area (Å²) in [4.78, 5) is 0. The summed E-state index contributed by atoms with van der Waals surface area (Å²) in [6, 6.07) is 93.5. The molecule has 4 nitrogen and oxygen atoms in total. The topological polar surface area (TPSA) is 19.7 Å². The van der Waals surface area contributed by atoms with E-state index in [1.807, 2.05) is 0 Å². The van der Waals surface area contributed by atoms with Crippen molar-refractivity contribution in [2.24, 2.45) is 0 Å². The Morgan fingerprint density at radius 1 is 0.157 bits per heavy atom. The van der Waals surface area contributed by atoms with E-state index in [-0.39, 0.29) is 0 Å². The van der Waals surface area contributed by atoms with Crippen molar-refractivity contribution in [2.75, 3.05) is 0 Å². The Morgan fingerprint density at radius 2 is 0.357 bits per heavy atom. The van der Waals surface area contributed by atoms with Gasteiger partial charge in [0.1, 0.15) is 0 Å². The van der Waals surface area contributed by atoms with Gasteiger partial charge in [-0.1, -0.05) is 146 Å². The standard InChI is InChI=1S/C66H42N4/c1-7-19-59-51(13-1)52-14-2-8-20-60(52)67(59)47-31-25-43(26-32-47)45-29-39-65-57(41-45)58-42-46(44-27-33-48(34-28-44)68-61-21-9-3-15-53(61)54-16-4-10-22-62(54)68)30-40-66(58)70(65)50-37-35-49(36-38-50)69-63-23-11-5-17-55(63)56-18-6-12-24-64(56)69/h1-42H. The lowest BCUT2D eigenvalue weighted by molar-refractivity contribution is 1.14. The van der Waals surface area contributed by atoms with E-state index in [4.69, 9.17) is 0 Å². The Bertz CT molecular complexity index is 4180. The van der Waals surface area contributed by atoms with Gasteiger partial charge in [0.15, 0.2) is 0 Å². The highest BCUT2D eigenvalue weighted by Gasteiger charge is 2.18. The molecule has 0 unspecified atom stereocenters. The summed E-state index contributed by atoms with van der Waals surface area (Å²) in [5, 5.41) is 10.0. The first-order valence-corrected chi connectivity index (χ1v) is 24.1. The van der Waals surface area contributed by atoms with Gasteiger partial charge in [0, 0.05) is 65.8 Å². The quantitative estimate of drug-likeness (QED) is 0.158. The van der Waals surface area contributed by atoms with Gasteiger partial charge in [-0.15, -0.1) is 0 Å². The summed E-state index contributed by atoms with van der Waals surface area (Å²) in [7, 11) is 0. The van der Waals surface area contributed by atoms with Gasteiger partial charge < -0.3 is 18.3 Å². The van der Waals surface area contributed by atoms with Crippen LogP contribution in [0.25, 0.3) is 132 Å². The Morgan fingerprint density at radius 3 is 0.614 bits per heavy atom. The minimum Gasteiger partial charge on any atom is -0.309 e. The molecule has 0 bridgehead atoms. The van der Waals surface area contributed by atoms with Crippen LogP contribution in [0.2, 0.25) is 0 Å². The molecule has 0 amide bonds. The molecule has 4 heteroatoms. The molecule has 0 spiro atoms. The Labute approximate surface area is 403 Å². The van der Waals surface area contributed by atoms with Crippen LogP contribution in [0.3, 0.4) is 0 Å². The second kappa shape index (κ2) is 15.1. The number of hydrogen-bond donors (Lipinski definition) is 0. The molecular formula is C66H42N4. The normalized spacial score (nSPS) is 12.0. The molecule has 0 fully saturated rings. The molecule has 0 atom stereocenters. The van der Waals surface area contributed by atoms with E-state index in [9.17, 15) is 0 Å². The molecule has 15 aromatic rings. The molecule has 15 rings (SSSR count). The van der Waals surface area contributed by atoms with Crippen LogP contribution in [0.4, 0.5) is 0 Å². The minimum absolute atomic E-state index is 1.12. The van der Waals surface area contributed by atoms with Crippen LogP contribution in [0.5, 0.6) is 0 Å². The summed E-state index contributed by atoms with van der Waals surface area (Å²) in [5.41, 5.74) is 18.9.